The minimum atomic E-state index is -0.396. The van der Waals surface area contributed by atoms with E-state index >= 15 is 0 Å². The van der Waals surface area contributed by atoms with E-state index in [1.165, 1.54) is 29.5 Å². The van der Waals surface area contributed by atoms with Gasteiger partial charge < -0.3 is 11.1 Å². The first-order valence-electron chi connectivity index (χ1n) is 5.55. The molecule has 1 heterocycles. The smallest absolute Gasteiger partial charge is 0.235 e. The highest BCUT2D eigenvalue weighted by molar-refractivity contribution is 8.00. The van der Waals surface area contributed by atoms with Gasteiger partial charge in [-0.05, 0) is 29.6 Å². The molecule has 0 bridgehead atoms. The maximum Gasteiger partial charge on any atom is 0.235 e. The van der Waals surface area contributed by atoms with Crippen LogP contribution in [-0.2, 0) is 4.79 Å². The number of carbonyl (C=O) groups excluding carboxylic acids is 1. The molecule has 1 aromatic heterocycles. The molecule has 0 aliphatic heterocycles. The summed E-state index contributed by atoms with van der Waals surface area (Å²) in [7, 11) is 0. The molecule has 0 saturated carbocycles. The number of nitriles is 1. The lowest BCUT2D eigenvalue weighted by atomic mass is 10.3. The van der Waals surface area contributed by atoms with Crippen LogP contribution in [0.15, 0.2) is 34.5 Å². The lowest BCUT2D eigenvalue weighted by Crippen LogP contribution is -2.13. The van der Waals surface area contributed by atoms with Crippen molar-refractivity contribution in [2.75, 3.05) is 16.8 Å². The van der Waals surface area contributed by atoms with Crippen LogP contribution in [0.5, 0.6) is 0 Å². The minimum Gasteiger partial charge on any atom is -0.398 e. The lowest BCUT2D eigenvalue weighted by Gasteiger charge is -2.06. The van der Waals surface area contributed by atoms with E-state index in [0.29, 0.717) is 21.1 Å². The summed E-state index contributed by atoms with van der Waals surface area (Å²) in [5.74, 6) is -0.569. The normalized spacial score (nSPS) is 10.0. The average Bonchev–Trinajstić information content (AvgIpc) is 2.87. The van der Waals surface area contributed by atoms with E-state index in [9.17, 15) is 9.18 Å². The summed E-state index contributed by atoms with van der Waals surface area (Å²) in [6.45, 7) is 0. The van der Waals surface area contributed by atoms with Gasteiger partial charge >= 0.3 is 0 Å². The number of hydrogen-bond donors (Lipinski definition) is 2. The Kier molecular flexibility index (Phi) is 4.61. The molecular formula is C13H10FN3OS2. The summed E-state index contributed by atoms with van der Waals surface area (Å²) >= 11 is 2.43. The van der Waals surface area contributed by atoms with Crippen LogP contribution in [0, 0.1) is 17.1 Å². The molecular weight excluding hydrogens is 297 g/mol. The molecule has 0 unspecified atom stereocenters. The Labute approximate surface area is 123 Å². The number of benzene rings is 1. The van der Waals surface area contributed by atoms with Crippen LogP contribution in [0.25, 0.3) is 0 Å². The molecule has 0 saturated heterocycles. The van der Waals surface area contributed by atoms with Gasteiger partial charge in [-0.15, -0.1) is 23.1 Å². The second kappa shape index (κ2) is 6.41. The summed E-state index contributed by atoms with van der Waals surface area (Å²) in [4.78, 5) is 12.3. The molecule has 4 nitrogen and oxygen atoms in total. The predicted octanol–water partition coefficient (Wildman–Crippen LogP) is 3.07. The fraction of sp³-hybridized carbons (Fsp3) is 0.0769. The van der Waals surface area contributed by atoms with Crippen molar-refractivity contribution in [1.29, 1.82) is 5.26 Å². The highest BCUT2D eigenvalue weighted by Crippen LogP contribution is 2.27. The Morgan fingerprint density at radius 3 is 3.05 bits per heavy atom. The fourth-order valence-electron chi connectivity index (χ4n) is 1.43. The molecule has 0 radical (unpaired) electrons. The molecule has 3 N–H and O–H groups in total. The van der Waals surface area contributed by atoms with Gasteiger partial charge in [-0.3, -0.25) is 4.79 Å². The van der Waals surface area contributed by atoms with Gasteiger partial charge in [-0.1, -0.05) is 0 Å². The third kappa shape index (κ3) is 3.50. The van der Waals surface area contributed by atoms with E-state index in [2.05, 4.69) is 5.32 Å². The zero-order chi connectivity index (χ0) is 14.5. The van der Waals surface area contributed by atoms with Gasteiger partial charge in [-0.25, -0.2) is 4.39 Å². The van der Waals surface area contributed by atoms with Crippen molar-refractivity contribution >= 4 is 39.7 Å². The highest BCUT2D eigenvalue weighted by atomic mass is 32.2. The first-order valence-corrected chi connectivity index (χ1v) is 7.42. The van der Waals surface area contributed by atoms with E-state index in [1.807, 2.05) is 6.07 Å². The fourth-order valence-corrected chi connectivity index (χ4v) is 2.98. The van der Waals surface area contributed by atoms with Gasteiger partial charge in [0.25, 0.3) is 0 Å². The summed E-state index contributed by atoms with van der Waals surface area (Å²) in [6, 6.07) is 7.65. The lowest BCUT2D eigenvalue weighted by molar-refractivity contribution is -0.113. The Morgan fingerprint density at radius 2 is 2.30 bits per heavy atom. The zero-order valence-electron chi connectivity index (χ0n) is 10.2. The molecule has 1 aromatic carbocycles. The number of rotatable bonds is 4. The Hall–Kier alpha value is -2.04. The third-order valence-electron chi connectivity index (χ3n) is 2.37. The second-order valence-corrected chi connectivity index (χ2v) is 5.73. The van der Waals surface area contributed by atoms with Gasteiger partial charge in [0.2, 0.25) is 5.91 Å². The molecule has 0 spiro atoms. The van der Waals surface area contributed by atoms with Crippen LogP contribution in [0.2, 0.25) is 0 Å². The monoisotopic (exact) mass is 307 g/mol. The predicted molar refractivity (Wildman–Crippen MR) is 79.2 cm³/mol. The van der Waals surface area contributed by atoms with Crippen molar-refractivity contribution in [3.63, 3.8) is 0 Å². The summed E-state index contributed by atoms with van der Waals surface area (Å²) in [5, 5.41) is 13.7. The standard InChI is InChI=1S/C13H10FN3OS2/c14-9-1-2-10(16)11(5-9)20-7-12(18)17-13-8(6-15)3-4-19-13/h1-5H,7,16H2,(H,17,18). The quantitative estimate of drug-likeness (QED) is 0.672. The number of halogens is 1. The molecule has 102 valence electrons. The Bertz CT molecular complexity index is 678. The molecule has 0 aliphatic rings. The number of nitrogens with two attached hydrogens (primary N) is 1. The number of hydrogen-bond acceptors (Lipinski definition) is 5. The van der Waals surface area contributed by atoms with Crippen molar-refractivity contribution in [3.8, 4) is 6.07 Å². The van der Waals surface area contributed by atoms with E-state index in [4.69, 9.17) is 11.0 Å². The molecule has 20 heavy (non-hydrogen) atoms. The highest BCUT2D eigenvalue weighted by Gasteiger charge is 2.10. The summed E-state index contributed by atoms with van der Waals surface area (Å²) < 4.78 is 13.1. The van der Waals surface area contributed by atoms with Crippen LogP contribution in [0.1, 0.15) is 5.56 Å². The molecule has 2 rings (SSSR count). The number of nitrogens with one attached hydrogen (secondary N) is 1. The minimum absolute atomic E-state index is 0.0937. The van der Waals surface area contributed by atoms with Gasteiger partial charge in [0, 0.05) is 10.6 Å². The van der Waals surface area contributed by atoms with Crippen LogP contribution >= 0.6 is 23.1 Å². The average molecular weight is 307 g/mol. The van der Waals surface area contributed by atoms with Crippen molar-refractivity contribution in [3.05, 3.63) is 41.0 Å². The maximum absolute atomic E-state index is 13.1. The zero-order valence-corrected chi connectivity index (χ0v) is 11.9. The largest absolute Gasteiger partial charge is 0.398 e. The van der Waals surface area contributed by atoms with E-state index in [-0.39, 0.29) is 11.7 Å². The van der Waals surface area contributed by atoms with Gasteiger partial charge in [-0.2, -0.15) is 5.26 Å². The molecule has 0 fully saturated rings. The van der Waals surface area contributed by atoms with Crippen molar-refractivity contribution in [2.45, 2.75) is 4.90 Å². The number of nitrogen functional groups attached to an aromatic ring is 1. The van der Waals surface area contributed by atoms with E-state index < -0.39 is 5.82 Å². The van der Waals surface area contributed by atoms with Crippen molar-refractivity contribution < 1.29 is 9.18 Å². The molecule has 0 atom stereocenters. The molecule has 1 amide bonds. The number of carbonyl (C=O) groups is 1. The summed E-state index contributed by atoms with van der Waals surface area (Å²) in [5.41, 5.74) is 6.56. The number of amides is 1. The molecule has 0 aliphatic carbocycles. The Balaban J connectivity index is 1.96. The first-order chi connectivity index (χ1) is 9.60. The third-order valence-corrected chi connectivity index (χ3v) is 4.27. The Morgan fingerprint density at radius 1 is 1.50 bits per heavy atom. The topological polar surface area (TPSA) is 78.9 Å². The van der Waals surface area contributed by atoms with Crippen LogP contribution < -0.4 is 11.1 Å². The first kappa shape index (κ1) is 14.4. The molecule has 2 aromatic rings. The SMILES string of the molecule is N#Cc1ccsc1NC(=O)CSc1cc(F)ccc1N. The number of anilines is 2. The number of thiophene rings is 1. The molecule has 7 heteroatoms. The number of thioether (sulfide) groups is 1. The van der Waals surface area contributed by atoms with E-state index in [1.54, 1.807) is 11.4 Å². The van der Waals surface area contributed by atoms with Crippen molar-refractivity contribution in [1.82, 2.24) is 0 Å². The van der Waals surface area contributed by atoms with Crippen LogP contribution in [-0.4, -0.2) is 11.7 Å². The second-order valence-electron chi connectivity index (χ2n) is 3.79. The van der Waals surface area contributed by atoms with Gasteiger partial charge in [0.1, 0.15) is 16.9 Å². The van der Waals surface area contributed by atoms with Gasteiger partial charge in [0.05, 0.1) is 11.3 Å². The number of nitrogens with zero attached hydrogens (tertiary/aromatic N) is 1. The summed E-state index contributed by atoms with van der Waals surface area (Å²) in [6.07, 6.45) is 0. The van der Waals surface area contributed by atoms with Gasteiger partial charge in [0.15, 0.2) is 0 Å². The maximum atomic E-state index is 13.1. The van der Waals surface area contributed by atoms with Crippen LogP contribution in [0.3, 0.4) is 0 Å². The van der Waals surface area contributed by atoms with E-state index in [0.717, 1.165) is 11.8 Å². The van der Waals surface area contributed by atoms with Crippen LogP contribution in [0.4, 0.5) is 15.1 Å². The van der Waals surface area contributed by atoms with Crippen molar-refractivity contribution in [2.24, 2.45) is 0 Å².